The monoisotopic (exact) mass is 256 g/mol. The van der Waals surface area contributed by atoms with Crippen molar-refractivity contribution < 1.29 is 5.11 Å². The second kappa shape index (κ2) is 6.28. The molecule has 0 aliphatic carbocycles. The van der Waals surface area contributed by atoms with E-state index in [1.807, 2.05) is 0 Å². The van der Waals surface area contributed by atoms with Crippen LogP contribution in [0.1, 0.15) is 31.2 Å². The van der Waals surface area contributed by atoms with Crippen LogP contribution in [0.15, 0.2) is 0 Å². The Balaban J connectivity index is 1.87. The Morgan fingerprint density at radius 1 is 1.53 bits per heavy atom. The Bertz CT molecular complexity index is 344. The minimum atomic E-state index is 0.250. The van der Waals surface area contributed by atoms with Crippen LogP contribution >= 0.6 is 11.3 Å². The lowest BCUT2D eigenvalue weighted by atomic mass is 10.2. The summed E-state index contributed by atoms with van der Waals surface area (Å²) in [7, 11) is 0. The van der Waals surface area contributed by atoms with Crippen molar-refractivity contribution in [2.24, 2.45) is 0 Å². The van der Waals surface area contributed by atoms with Crippen LogP contribution in [0.3, 0.4) is 0 Å². The van der Waals surface area contributed by atoms with Crippen molar-refractivity contribution in [2.75, 3.05) is 25.0 Å². The molecule has 1 fully saturated rings. The summed E-state index contributed by atoms with van der Waals surface area (Å²) < 4.78 is 0. The van der Waals surface area contributed by atoms with Crippen molar-refractivity contribution in [3.05, 3.63) is 5.01 Å². The average molecular weight is 256 g/mol. The van der Waals surface area contributed by atoms with Gasteiger partial charge < -0.3 is 10.4 Å². The topological polar surface area (TPSA) is 61.3 Å². The minimum Gasteiger partial charge on any atom is -0.395 e. The van der Waals surface area contributed by atoms with Crippen LogP contribution in [0.25, 0.3) is 0 Å². The number of likely N-dealkylation sites (tertiary alicyclic amines) is 1. The molecule has 1 aromatic rings. The van der Waals surface area contributed by atoms with E-state index in [1.54, 1.807) is 11.3 Å². The Hall–Kier alpha value is -0.720. The standard InChI is InChI=1S/C11H20N4OS/c1-2-5-12-11-14-13-10(17-11)7-15-6-3-4-9(15)8-16/h9,16H,2-8H2,1H3,(H,12,14). The quantitative estimate of drug-likeness (QED) is 0.804. The summed E-state index contributed by atoms with van der Waals surface area (Å²) >= 11 is 1.62. The molecule has 17 heavy (non-hydrogen) atoms. The first-order valence-corrected chi connectivity index (χ1v) is 7.06. The van der Waals surface area contributed by atoms with E-state index in [2.05, 4.69) is 27.3 Å². The first kappa shape index (κ1) is 12.7. The second-order valence-corrected chi connectivity index (χ2v) is 5.44. The summed E-state index contributed by atoms with van der Waals surface area (Å²) in [4.78, 5) is 2.30. The lowest BCUT2D eigenvalue weighted by molar-refractivity contribution is 0.153. The molecular formula is C11H20N4OS. The van der Waals surface area contributed by atoms with E-state index in [-0.39, 0.29) is 6.61 Å². The van der Waals surface area contributed by atoms with Gasteiger partial charge in [-0.2, -0.15) is 0 Å². The predicted octanol–water partition coefficient (Wildman–Crippen LogP) is 1.32. The number of hydrogen-bond donors (Lipinski definition) is 2. The molecule has 96 valence electrons. The lowest BCUT2D eigenvalue weighted by Crippen LogP contribution is -2.31. The summed E-state index contributed by atoms with van der Waals surface area (Å²) in [6.07, 6.45) is 3.36. The van der Waals surface area contributed by atoms with Gasteiger partial charge in [0.15, 0.2) is 0 Å². The average Bonchev–Trinajstić information content (AvgIpc) is 2.96. The fraction of sp³-hybridized carbons (Fsp3) is 0.818. The van der Waals surface area contributed by atoms with E-state index in [0.717, 1.165) is 42.6 Å². The Labute approximate surface area is 106 Å². The first-order chi connectivity index (χ1) is 8.33. The van der Waals surface area contributed by atoms with Gasteiger partial charge in [0.1, 0.15) is 5.01 Å². The summed E-state index contributed by atoms with van der Waals surface area (Å²) in [5.74, 6) is 0. The van der Waals surface area contributed by atoms with Crippen LogP contribution in [-0.4, -0.2) is 45.9 Å². The van der Waals surface area contributed by atoms with Crippen LogP contribution in [0.4, 0.5) is 5.13 Å². The van der Waals surface area contributed by atoms with E-state index in [4.69, 9.17) is 0 Å². The fourth-order valence-corrected chi connectivity index (χ4v) is 2.90. The van der Waals surface area contributed by atoms with Crippen molar-refractivity contribution in [1.29, 1.82) is 0 Å². The molecular weight excluding hydrogens is 236 g/mol. The van der Waals surface area contributed by atoms with E-state index in [0.29, 0.717) is 6.04 Å². The van der Waals surface area contributed by atoms with Gasteiger partial charge in [-0.05, 0) is 25.8 Å². The van der Waals surface area contributed by atoms with Gasteiger partial charge in [-0.1, -0.05) is 18.3 Å². The number of rotatable bonds is 6. The van der Waals surface area contributed by atoms with E-state index >= 15 is 0 Å². The lowest BCUT2D eigenvalue weighted by Gasteiger charge is -2.20. The van der Waals surface area contributed by atoms with Gasteiger partial charge >= 0.3 is 0 Å². The fourth-order valence-electron chi connectivity index (χ4n) is 2.10. The van der Waals surface area contributed by atoms with Crippen LogP contribution in [0.5, 0.6) is 0 Å². The van der Waals surface area contributed by atoms with Crippen molar-refractivity contribution in [3.8, 4) is 0 Å². The summed E-state index contributed by atoms with van der Waals surface area (Å²) in [5, 5.41) is 22.7. The van der Waals surface area contributed by atoms with Gasteiger partial charge in [-0.15, -0.1) is 10.2 Å². The molecule has 2 rings (SSSR count). The molecule has 1 unspecified atom stereocenters. The highest BCUT2D eigenvalue weighted by molar-refractivity contribution is 7.15. The molecule has 0 amide bonds. The van der Waals surface area contributed by atoms with Crippen molar-refractivity contribution in [1.82, 2.24) is 15.1 Å². The maximum Gasteiger partial charge on any atom is 0.205 e. The van der Waals surface area contributed by atoms with Gasteiger partial charge in [0, 0.05) is 12.6 Å². The summed E-state index contributed by atoms with van der Waals surface area (Å²) in [6.45, 7) is 5.20. The number of anilines is 1. The van der Waals surface area contributed by atoms with Gasteiger partial charge in [0.2, 0.25) is 5.13 Å². The smallest absolute Gasteiger partial charge is 0.205 e. The normalized spacial score (nSPS) is 20.9. The Morgan fingerprint density at radius 2 is 2.41 bits per heavy atom. The molecule has 5 nitrogen and oxygen atoms in total. The summed E-state index contributed by atoms with van der Waals surface area (Å²) in [5.41, 5.74) is 0. The Kier molecular flexibility index (Phi) is 4.70. The van der Waals surface area contributed by atoms with Crippen LogP contribution in [0.2, 0.25) is 0 Å². The molecule has 0 radical (unpaired) electrons. The molecule has 1 atom stereocenters. The maximum atomic E-state index is 9.25. The van der Waals surface area contributed by atoms with Crippen LogP contribution in [-0.2, 0) is 6.54 Å². The highest BCUT2D eigenvalue weighted by atomic mass is 32.1. The molecule has 0 bridgehead atoms. The maximum absolute atomic E-state index is 9.25. The second-order valence-electron chi connectivity index (χ2n) is 4.38. The number of aliphatic hydroxyl groups is 1. The molecule has 2 N–H and O–H groups in total. The van der Waals surface area contributed by atoms with Gasteiger partial charge in [-0.25, -0.2) is 0 Å². The molecule has 0 spiro atoms. The highest BCUT2D eigenvalue weighted by Crippen LogP contribution is 2.22. The number of nitrogens with one attached hydrogen (secondary N) is 1. The van der Waals surface area contributed by atoms with Crippen LogP contribution < -0.4 is 5.32 Å². The van der Waals surface area contributed by atoms with Gasteiger partial charge in [0.05, 0.1) is 13.2 Å². The molecule has 1 aliphatic heterocycles. The molecule has 6 heteroatoms. The predicted molar refractivity (Wildman–Crippen MR) is 69.2 cm³/mol. The third-order valence-corrected chi connectivity index (χ3v) is 3.91. The zero-order valence-corrected chi connectivity index (χ0v) is 11.0. The zero-order valence-electron chi connectivity index (χ0n) is 10.2. The minimum absolute atomic E-state index is 0.250. The van der Waals surface area contributed by atoms with E-state index in [1.165, 1.54) is 6.42 Å². The largest absolute Gasteiger partial charge is 0.395 e. The van der Waals surface area contributed by atoms with Crippen molar-refractivity contribution in [3.63, 3.8) is 0 Å². The third kappa shape index (κ3) is 3.37. The van der Waals surface area contributed by atoms with Gasteiger partial charge in [-0.3, -0.25) is 4.90 Å². The molecule has 1 aromatic heterocycles. The number of hydrogen-bond acceptors (Lipinski definition) is 6. The zero-order chi connectivity index (χ0) is 12.1. The van der Waals surface area contributed by atoms with E-state index < -0.39 is 0 Å². The molecule has 0 aromatic carbocycles. The number of aromatic nitrogens is 2. The van der Waals surface area contributed by atoms with Crippen molar-refractivity contribution in [2.45, 2.75) is 38.8 Å². The van der Waals surface area contributed by atoms with Crippen LogP contribution in [0, 0.1) is 0 Å². The van der Waals surface area contributed by atoms with E-state index in [9.17, 15) is 5.11 Å². The third-order valence-electron chi connectivity index (χ3n) is 3.04. The molecule has 2 heterocycles. The number of nitrogens with zero attached hydrogens (tertiary/aromatic N) is 3. The molecule has 1 aliphatic rings. The molecule has 0 saturated carbocycles. The molecule has 1 saturated heterocycles. The van der Waals surface area contributed by atoms with Gasteiger partial charge in [0.25, 0.3) is 0 Å². The highest BCUT2D eigenvalue weighted by Gasteiger charge is 2.24. The SMILES string of the molecule is CCCNc1nnc(CN2CCCC2CO)s1. The summed E-state index contributed by atoms with van der Waals surface area (Å²) in [6, 6.07) is 0.311. The number of aliphatic hydroxyl groups excluding tert-OH is 1. The van der Waals surface area contributed by atoms with Crippen molar-refractivity contribution >= 4 is 16.5 Å². The Morgan fingerprint density at radius 3 is 3.18 bits per heavy atom. The first-order valence-electron chi connectivity index (χ1n) is 6.24.